The fraction of sp³-hybridized carbons (Fsp3) is 0.346. The van der Waals surface area contributed by atoms with Crippen molar-refractivity contribution in [2.75, 3.05) is 13.7 Å². The summed E-state index contributed by atoms with van der Waals surface area (Å²) in [7, 11) is 0.260. The van der Waals surface area contributed by atoms with Crippen LogP contribution >= 0.6 is 0 Å². The van der Waals surface area contributed by atoms with Crippen LogP contribution < -0.4 is 9.47 Å². The summed E-state index contributed by atoms with van der Waals surface area (Å²) in [6, 6.07) is 9.97. The van der Waals surface area contributed by atoms with Gasteiger partial charge in [-0.05, 0) is 50.1 Å². The molecule has 0 heterocycles. The molecular weight excluding hydrogens is 420 g/mol. The average molecular weight is 455 g/mol. The van der Waals surface area contributed by atoms with Gasteiger partial charge in [-0.3, -0.25) is 4.79 Å². The monoisotopic (exact) mass is 454 g/mol. The first kappa shape index (κ1) is 25.3. The molecule has 0 fully saturated rings. The minimum absolute atomic E-state index is 0.0324. The summed E-state index contributed by atoms with van der Waals surface area (Å²) >= 11 is 0. The molecule has 0 saturated heterocycles. The Bertz CT molecular complexity index is 994. The third-order valence-electron chi connectivity index (χ3n) is 4.95. The smallest absolute Gasteiger partial charge is 0.193 e. The molecule has 0 radical (unpaired) electrons. The fourth-order valence-electron chi connectivity index (χ4n) is 2.98. The highest BCUT2D eigenvalue weighted by molar-refractivity contribution is 6.76. The highest BCUT2D eigenvalue weighted by atomic mass is 28.3. The van der Waals surface area contributed by atoms with E-state index in [2.05, 4.69) is 19.6 Å². The molecule has 0 atom stereocenters. The van der Waals surface area contributed by atoms with Crippen molar-refractivity contribution in [1.29, 1.82) is 0 Å². The van der Waals surface area contributed by atoms with Crippen LogP contribution in [0.3, 0.4) is 0 Å². The van der Waals surface area contributed by atoms with Crippen LogP contribution in [0.25, 0.3) is 6.08 Å². The first-order chi connectivity index (χ1) is 15.0. The number of ether oxygens (including phenoxy) is 2. The van der Waals surface area contributed by atoms with Gasteiger partial charge in [0.2, 0.25) is 0 Å². The molecule has 172 valence electrons. The zero-order chi connectivity index (χ0) is 23.9. The molecule has 0 saturated carbocycles. The van der Waals surface area contributed by atoms with Gasteiger partial charge in [0.1, 0.15) is 28.6 Å². The predicted molar refractivity (Wildman–Crippen MR) is 133 cm³/mol. The molecule has 5 nitrogen and oxygen atoms in total. The molecule has 6 heteroatoms. The lowest BCUT2D eigenvalue weighted by Crippen LogP contribution is -2.22. The normalized spacial score (nSPS) is 11.4. The minimum Gasteiger partial charge on any atom is -0.507 e. The number of phenols is 2. The van der Waals surface area contributed by atoms with Gasteiger partial charge < -0.3 is 19.7 Å². The number of hydrogen-bond acceptors (Lipinski definition) is 5. The number of aromatic hydroxyl groups is 2. The third-order valence-corrected chi connectivity index (χ3v) is 6.66. The van der Waals surface area contributed by atoms with Crippen LogP contribution in [0.1, 0.15) is 35.3 Å². The Balaban J connectivity index is 2.19. The molecule has 2 rings (SSSR count). The second-order valence-corrected chi connectivity index (χ2v) is 14.8. The highest BCUT2D eigenvalue weighted by Gasteiger charge is 2.21. The first-order valence-corrected chi connectivity index (χ1v) is 14.4. The molecular formula is C26H34O5Si. The van der Waals surface area contributed by atoms with Gasteiger partial charge in [0.05, 0.1) is 13.7 Å². The van der Waals surface area contributed by atoms with Crippen LogP contribution in [-0.4, -0.2) is 37.8 Å². The van der Waals surface area contributed by atoms with E-state index >= 15 is 0 Å². The van der Waals surface area contributed by atoms with Crippen LogP contribution in [0.5, 0.6) is 23.0 Å². The van der Waals surface area contributed by atoms with E-state index in [0.717, 1.165) is 22.9 Å². The van der Waals surface area contributed by atoms with Crippen molar-refractivity contribution in [2.45, 2.75) is 46.0 Å². The van der Waals surface area contributed by atoms with E-state index in [9.17, 15) is 15.0 Å². The minimum atomic E-state index is -1.13. The third kappa shape index (κ3) is 7.30. The number of rotatable bonds is 10. The fourth-order valence-corrected chi connectivity index (χ4v) is 3.70. The summed E-state index contributed by atoms with van der Waals surface area (Å²) in [4.78, 5) is 12.9. The Labute approximate surface area is 192 Å². The number of benzene rings is 2. The van der Waals surface area contributed by atoms with Gasteiger partial charge in [-0.15, -0.1) is 0 Å². The van der Waals surface area contributed by atoms with Crippen molar-refractivity contribution < 1.29 is 24.5 Å². The van der Waals surface area contributed by atoms with Crippen LogP contribution in [0.15, 0.2) is 48.1 Å². The number of allylic oxidation sites excluding steroid dienone is 3. The second kappa shape index (κ2) is 11.0. The quantitative estimate of drug-likeness (QED) is 0.193. The largest absolute Gasteiger partial charge is 0.507 e. The number of hydrogen-bond donors (Lipinski definition) is 2. The van der Waals surface area contributed by atoms with E-state index in [-0.39, 0.29) is 22.8 Å². The molecule has 2 aromatic rings. The van der Waals surface area contributed by atoms with E-state index in [1.54, 1.807) is 6.08 Å². The van der Waals surface area contributed by atoms with Crippen molar-refractivity contribution in [3.63, 3.8) is 0 Å². The van der Waals surface area contributed by atoms with Crippen LogP contribution in [0.4, 0.5) is 0 Å². The van der Waals surface area contributed by atoms with E-state index in [1.165, 1.54) is 19.3 Å². The van der Waals surface area contributed by atoms with Gasteiger partial charge >= 0.3 is 0 Å². The van der Waals surface area contributed by atoms with Crippen LogP contribution in [0, 0.1) is 0 Å². The summed E-state index contributed by atoms with van der Waals surface area (Å²) in [5.74, 6) is 0.144. The van der Waals surface area contributed by atoms with E-state index in [0.29, 0.717) is 18.6 Å². The lowest BCUT2D eigenvalue weighted by molar-refractivity contribution is 0.104. The molecule has 2 N–H and O–H groups in total. The summed E-state index contributed by atoms with van der Waals surface area (Å²) in [6.45, 7) is 11.5. The topological polar surface area (TPSA) is 76.0 Å². The number of methoxy groups -OCH3 is 1. The van der Waals surface area contributed by atoms with Gasteiger partial charge in [-0.1, -0.05) is 49.5 Å². The Morgan fingerprint density at radius 1 is 1.09 bits per heavy atom. The zero-order valence-corrected chi connectivity index (χ0v) is 20.9. The maximum atomic E-state index is 12.9. The molecule has 0 amide bonds. The van der Waals surface area contributed by atoms with Crippen molar-refractivity contribution in [3.05, 3.63) is 64.7 Å². The van der Waals surface area contributed by atoms with Crippen molar-refractivity contribution in [3.8, 4) is 23.0 Å². The van der Waals surface area contributed by atoms with Gasteiger partial charge in [0.15, 0.2) is 5.78 Å². The molecule has 0 unspecified atom stereocenters. The van der Waals surface area contributed by atoms with Crippen molar-refractivity contribution in [2.24, 2.45) is 0 Å². The molecule has 0 aromatic heterocycles. The summed E-state index contributed by atoms with van der Waals surface area (Å²) in [5, 5.41) is 21.0. The maximum Gasteiger partial charge on any atom is 0.193 e. The molecule has 0 bridgehead atoms. The number of ketones is 1. The molecule has 32 heavy (non-hydrogen) atoms. The highest BCUT2D eigenvalue weighted by Crippen LogP contribution is 2.39. The lowest BCUT2D eigenvalue weighted by atomic mass is 9.99. The van der Waals surface area contributed by atoms with Gasteiger partial charge in [0.25, 0.3) is 0 Å². The van der Waals surface area contributed by atoms with Gasteiger partial charge in [-0.2, -0.15) is 0 Å². The summed E-state index contributed by atoms with van der Waals surface area (Å²) in [6.07, 6.45) is 5.25. The van der Waals surface area contributed by atoms with Gasteiger partial charge in [-0.25, -0.2) is 0 Å². The Morgan fingerprint density at radius 2 is 1.75 bits per heavy atom. The van der Waals surface area contributed by atoms with E-state index in [4.69, 9.17) is 9.47 Å². The van der Waals surface area contributed by atoms with Gasteiger partial charge in [0, 0.05) is 19.7 Å². The first-order valence-electron chi connectivity index (χ1n) is 10.7. The number of carbonyl (C=O) groups excluding carboxylic acids is 1. The van der Waals surface area contributed by atoms with Crippen molar-refractivity contribution >= 4 is 19.9 Å². The summed E-state index contributed by atoms with van der Waals surface area (Å²) < 4.78 is 11.0. The Kier molecular flexibility index (Phi) is 8.72. The standard InChI is InChI=1S/C26H34O5Si/c1-18(2)7-13-21-23(28)17-24(30-3)25(26(21)29)22(27)14-10-19-8-11-20(12-9-19)31-15-16-32(4,5)6/h7-12,14,17,28-29H,13,15-16H2,1-6H3/b14-10+. The average Bonchev–Trinajstić information content (AvgIpc) is 2.71. The summed E-state index contributed by atoms with van der Waals surface area (Å²) in [5.41, 5.74) is 2.20. The molecule has 0 aliphatic rings. The molecule has 0 aliphatic carbocycles. The SMILES string of the molecule is COc1cc(O)c(CC=C(C)C)c(O)c1C(=O)/C=C/c1ccc(OCC[Si](C)(C)C)cc1. The molecule has 0 spiro atoms. The predicted octanol–water partition coefficient (Wildman–Crippen LogP) is 6.23. The molecule has 2 aromatic carbocycles. The zero-order valence-electron chi connectivity index (χ0n) is 19.9. The molecule has 0 aliphatic heterocycles. The Morgan fingerprint density at radius 3 is 2.31 bits per heavy atom. The Hall–Kier alpha value is -2.99. The van der Waals surface area contributed by atoms with Crippen LogP contribution in [-0.2, 0) is 6.42 Å². The number of carbonyl (C=O) groups is 1. The maximum absolute atomic E-state index is 12.9. The number of phenolic OH excluding ortho intramolecular Hbond substituents is 2. The van der Waals surface area contributed by atoms with E-state index < -0.39 is 13.9 Å². The lowest BCUT2D eigenvalue weighted by Gasteiger charge is -2.15. The van der Waals surface area contributed by atoms with Crippen LogP contribution in [0.2, 0.25) is 25.7 Å². The van der Waals surface area contributed by atoms with Crippen molar-refractivity contribution in [1.82, 2.24) is 0 Å². The second-order valence-electron chi connectivity index (χ2n) is 9.21. The van der Waals surface area contributed by atoms with E-state index in [1.807, 2.05) is 44.2 Å².